The Balaban J connectivity index is 1.71. The summed E-state index contributed by atoms with van der Waals surface area (Å²) >= 11 is 1.77. The maximum absolute atomic E-state index is 12.7. The minimum atomic E-state index is 0.0457. The summed E-state index contributed by atoms with van der Waals surface area (Å²) in [6.07, 6.45) is 4.44. The van der Waals surface area contributed by atoms with Gasteiger partial charge in [0.25, 0.3) is 0 Å². The Labute approximate surface area is 119 Å². The number of nitrogens with zero attached hydrogens (tertiary/aromatic N) is 1. The highest BCUT2D eigenvalue weighted by atomic mass is 32.1. The molecule has 0 spiro atoms. The molecule has 0 aliphatic carbocycles. The molecule has 3 unspecified atom stereocenters. The molecule has 2 aliphatic heterocycles. The van der Waals surface area contributed by atoms with Crippen molar-refractivity contribution in [2.75, 3.05) is 13.1 Å². The summed E-state index contributed by atoms with van der Waals surface area (Å²) in [4.78, 5) is 16.2. The molecular formula is C15H22N2OS. The lowest BCUT2D eigenvalue weighted by atomic mass is 9.93. The van der Waals surface area contributed by atoms with Gasteiger partial charge in [-0.1, -0.05) is 13.0 Å². The average molecular weight is 278 g/mol. The van der Waals surface area contributed by atoms with Crippen LogP contribution in [0.3, 0.4) is 0 Å². The molecule has 2 fully saturated rings. The molecule has 4 heteroatoms. The number of hydrogen-bond acceptors (Lipinski definition) is 3. The average Bonchev–Trinajstić information content (AvgIpc) is 3.08. The summed E-state index contributed by atoms with van der Waals surface area (Å²) in [5.74, 6) is 0.987. The van der Waals surface area contributed by atoms with Crippen molar-refractivity contribution in [1.29, 1.82) is 0 Å². The number of likely N-dealkylation sites (tertiary alicyclic amines) is 1. The Morgan fingerprint density at radius 1 is 1.47 bits per heavy atom. The summed E-state index contributed by atoms with van der Waals surface area (Å²) in [6.45, 7) is 4.16. The second kappa shape index (κ2) is 5.63. The van der Waals surface area contributed by atoms with Crippen LogP contribution in [0.1, 0.15) is 43.5 Å². The van der Waals surface area contributed by atoms with E-state index in [1.54, 1.807) is 11.3 Å². The fourth-order valence-electron chi connectivity index (χ4n) is 3.30. The van der Waals surface area contributed by atoms with Crippen LogP contribution in [0.5, 0.6) is 0 Å². The van der Waals surface area contributed by atoms with Crippen LogP contribution in [0.15, 0.2) is 17.5 Å². The first-order valence-electron chi connectivity index (χ1n) is 7.33. The van der Waals surface area contributed by atoms with E-state index < -0.39 is 0 Å². The molecule has 104 valence electrons. The van der Waals surface area contributed by atoms with E-state index in [-0.39, 0.29) is 6.04 Å². The van der Waals surface area contributed by atoms with Crippen LogP contribution >= 0.6 is 11.3 Å². The molecule has 1 aromatic rings. The van der Waals surface area contributed by atoms with Crippen molar-refractivity contribution >= 4 is 17.2 Å². The number of nitrogens with one attached hydrogen (secondary N) is 1. The summed E-state index contributed by atoms with van der Waals surface area (Å²) in [5.41, 5.74) is 0. The molecule has 0 bridgehead atoms. The second-order valence-corrected chi connectivity index (χ2v) is 6.82. The lowest BCUT2D eigenvalue weighted by molar-refractivity contribution is -0.135. The predicted molar refractivity (Wildman–Crippen MR) is 78.2 cm³/mol. The Kier molecular flexibility index (Phi) is 3.89. The minimum Gasteiger partial charge on any atom is -0.333 e. The van der Waals surface area contributed by atoms with Crippen molar-refractivity contribution in [2.45, 2.75) is 44.7 Å². The molecule has 2 aliphatic rings. The van der Waals surface area contributed by atoms with Crippen LogP contribution in [-0.2, 0) is 4.79 Å². The predicted octanol–water partition coefficient (Wildman–Crippen LogP) is 2.80. The molecule has 1 aromatic heterocycles. The van der Waals surface area contributed by atoms with Crippen molar-refractivity contribution < 1.29 is 4.79 Å². The molecule has 19 heavy (non-hydrogen) atoms. The van der Waals surface area contributed by atoms with Crippen molar-refractivity contribution in [3.05, 3.63) is 22.4 Å². The zero-order valence-corrected chi connectivity index (χ0v) is 12.3. The highest BCUT2D eigenvalue weighted by molar-refractivity contribution is 7.10. The number of thiophene rings is 1. The lowest BCUT2D eigenvalue weighted by Crippen LogP contribution is -2.49. The van der Waals surface area contributed by atoms with E-state index in [2.05, 4.69) is 34.7 Å². The zero-order chi connectivity index (χ0) is 13.2. The van der Waals surface area contributed by atoms with Gasteiger partial charge in [-0.25, -0.2) is 0 Å². The maximum atomic E-state index is 12.7. The van der Waals surface area contributed by atoms with Crippen molar-refractivity contribution in [1.82, 2.24) is 10.2 Å². The van der Waals surface area contributed by atoms with Gasteiger partial charge in [-0.3, -0.25) is 4.79 Å². The Hall–Kier alpha value is -0.870. The van der Waals surface area contributed by atoms with E-state index in [0.717, 1.165) is 32.4 Å². The van der Waals surface area contributed by atoms with E-state index in [0.29, 0.717) is 17.9 Å². The molecule has 0 radical (unpaired) electrons. The van der Waals surface area contributed by atoms with Gasteiger partial charge in [0.15, 0.2) is 0 Å². The summed E-state index contributed by atoms with van der Waals surface area (Å²) in [5, 5.41) is 5.51. The summed E-state index contributed by atoms with van der Waals surface area (Å²) < 4.78 is 0. The fourth-order valence-corrected chi connectivity index (χ4v) is 4.18. The molecule has 3 heterocycles. The standard InChI is InChI=1S/C15H22N2OS/c1-11-6-7-16-12(10-11)15(18)17-8-2-4-13(17)14-5-3-9-19-14/h3,5,9,11-13,16H,2,4,6-8,10H2,1H3. The van der Waals surface area contributed by atoms with Crippen LogP contribution < -0.4 is 5.32 Å². The number of carbonyl (C=O) groups excluding carboxylic acids is 1. The number of carbonyl (C=O) groups is 1. The van der Waals surface area contributed by atoms with Gasteiger partial charge in [-0.2, -0.15) is 0 Å². The Bertz CT molecular complexity index is 431. The van der Waals surface area contributed by atoms with E-state index in [4.69, 9.17) is 0 Å². The van der Waals surface area contributed by atoms with Crippen LogP contribution in [-0.4, -0.2) is 29.9 Å². The van der Waals surface area contributed by atoms with Gasteiger partial charge in [-0.15, -0.1) is 11.3 Å². The lowest BCUT2D eigenvalue weighted by Gasteiger charge is -2.33. The third-order valence-electron chi connectivity index (χ3n) is 4.37. The van der Waals surface area contributed by atoms with E-state index in [9.17, 15) is 4.79 Å². The molecule has 3 rings (SSSR count). The third kappa shape index (κ3) is 2.70. The molecule has 3 nitrogen and oxygen atoms in total. The van der Waals surface area contributed by atoms with E-state index in [1.165, 1.54) is 11.3 Å². The Morgan fingerprint density at radius 3 is 3.11 bits per heavy atom. The quantitative estimate of drug-likeness (QED) is 0.902. The zero-order valence-electron chi connectivity index (χ0n) is 11.5. The molecule has 0 aromatic carbocycles. The molecule has 0 saturated carbocycles. The van der Waals surface area contributed by atoms with Gasteiger partial charge in [0, 0.05) is 11.4 Å². The van der Waals surface area contributed by atoms with E-state index >= 15 is 0 Å². The van der Waals surface area contributed by atoms with Crippen LogP contribution in [0.2, 0.25) is 0 Å². The third-order valence-corrected chi connectivity index (χ3v) is 5.35. The number of rotatable bonds is 2. The van der Waals surface area contributed by atoms with E-state index in [1.807, 2.05) is 0 Å². The largest absolute Gasteiger partial charge is 0.333 e. The van der Waals surface area contributed by atoms with Gasteiger partial charge in [0.05, 0.1) is 12.1 Å². The number of amides is 1. The first-order chi connectivity index (χ1) is 9.25. The first-order valence-corrected chi connectivity index (χ1v) is 8.21. The van der Waals surface area contributed by atoms with Crippen LogP contribution in [0.4, 0.5) is 0 Å². The van der Waals surface area contributed by atoms with Gasteiger partial charge in [0.1, 0.15) is 0 Å². The molecule has 1 N–H and O–H groups in total. The maximum Gasteiger partial charge on any atom is 0.240 e. The highest BCUT2D eigenvalue weighted by Crippen LogP contribution is 2.35. The molecule has 3 atom stereocenters. The molecule has 2 saturated heterocycles. The SMILES string of the molecule is CC1CCNC(C(=O)N2CCCC2c2cccs2)C1. The van der Waals surface area contributed by atoms with Crippen molar-refractivity contribution in [2.24, 2.45) is 5.92 Å². The van der Waals surface area contributed by atoms with Gasteiger partial charge < -0.3 is 10.2 Å². The normalized spacial score (nSPS) is 31.6. The topological polar surface area (TPSA) is 32.3 Å². The van der Waals surface area contributed by atoms with Gasteiger partial charge >= 0.3 is 0 Å². The smallest absolute Gasteiger partial charge is 0.240 e. The minimum absolute atomic E-state index is 0.0457. The van der Waals surface area contributed by atoms with Crippen molar-refractivity contribution in [3.63, 3.8) is 0 Å². The Morgan fingerprint density at radius 2 is 2.37 bits per heavy atom. The number of hydrogen-bond donors (Lipinski definition) is 1. The second-order valence-electron chi connectivity index (χ2n) is 5.84. The summed E-state index contributed by atoms with van der Waals surface area (Å²) in [6, 6.07) is 4.62. The van der Waals surface area contributed by atoms with Crippen LogP contribution in [0, 0.1) is 5.92 Å². The summed E-state index contributed by atoms with van der Waals surface area (Å²) in [7, 11) is 0. The van der Waals surface area contributed by atoms with Gasteiger partial charge in [-0.05, 0) is 49.6 Å². The molecule has 1 amide bonds. The fraction of sp³-hybridized carbons (Fsp3) is 0.667. The first kappa shape index (κ1) is 13.1. The van der Waals surface area contributed by atoms with Crippen molar-refractivity contribution in [3.8, 4) is 0 Å². The monoisotopic (exact) mass is 278 g/mol. The molecular weight excluding hydrogens is 256 g/mol. The number of piperidine rings is 1. The highest BCUT2D eigenvalue weighted by Gasteiger charge is 2.35. The van der Waals surface area contributed by atoms with Gasteiger partial charge in [0.2, 0.25) is 5.91 Å². The van der Waals surface area contributed by atoms with Crippen LogP contribution in [0.25, 0.3) is 0 Å².